The number of hydrazine groups is 1. The number of allylic oxidation sites excluding steroid dienone is 2. The minimum atomic E-state index is -0.173. The molecule has 1 atom stereocenters. The average Bonchev–Trinajstić information content (AvgIpc) is 2.90. The van der Waals surface area contributed by atoms with Crippen LogP contribution in [0.1, 0.15) is 37.5 Å². The van der Waals surface area contributed by atoms with Crippen LogP contribution in [0.5, 0.6) is 0 Å². The third-order valence-corrected chi connectivity index (χ3v) is 6.88. The first-order valence-corrected chi connectivity index (χ1v) is 13.3. The zero-order valence-corrected chi connectivity index (χ0v) is 23.7. The van der Waals surface area contributed by atoms with E-state index in [0.717, 1.165) is 21.3 Å². The molecule has 188 valence electrons. The summed E-state index contributed by atoms with van der Waals surface area (Å²) < 4.78 is 1.07. The Balaban J connectivity index is 0.000000269. The molecule has 0 saturated heterocycles. The summed E-state index contributed by atoms with van der Waals surface area (Å²) in [5.41, 5.74) is 9.93. The molecule has 3 aromatic carbocycles. The van der Waals surface area contributed by atoms with Gasteiger partial charge in [-0.05, 0) is 42.5 Å². The number of carbonyl (C=O) groups is 1. The molecule has 0 aliphatic carbocycles. The topological polar surface area (TPSA) is 53.5 Å². The Morgan fingerprint density at radius 2 is 1.78 bits per heavy atom. The smallest absolute Gasteiger partial charge is 0.240 e. The third kappa shape index (κ3) is 9.61. The van der Waals surface area contributed by atoms with Crippen LogP contribution in [0.15, 0.2) is 117 Å². The first-order chi connectivity index (χ1) is 17.4. The number of halogens is 1. The van der Waals surface area contributed by atoms with Crippen molar-refractivity contribution in [1.29, 1.82) is 0 Å². The fourth-order valence-corrected chi connectivity index (χ4v) is 4.36. The van der Waals surface area contributed by atoms with Crippen LogP contribution in [-0.4, -0.2) is 18.7 Å². The van der Waals surface area contributed by atoms with E-state index in [1.54, 1.807) is 24.8 Å². The summed E-state index contributed by atoms with van der Waals surface area (Å²) in [4.78, 5) is 18.4. The summed E-state index contributed by atoms with van der Waals surface area (Å²) in [6.45, 7) is 10.2. The minimum absolute atomic E-state index is 0.0686. The van der Waals surface area contributed by atoms with E-state index in [1.165, 1.54) is 15.4 Å². The summed E-state index contributed by atoms with van der Waals surface area (Å²) in [5.74, 6) is -0.241. The van der Waals surface area contributed by atoms with Gasteiger partial charge in [0.15, 0.2) is 0 Å². The molecule has 4 nitrogen and oxygen atoms in total. The van der Waals surface area contributed by atoms with E-state index >= 15 is 0 Å². The Morgan fingerprint density at radius 1 is 1.08 bits per heavy atom. The molecule has 0 saturated carbocycles. The highest BCUT2D eigenvalue weighted by Crippen LogP contribution is 2.31. The van der Waals surface area contributed by atoms with Crippen molar-refractivity contribution in [1.82, 2.24) is 10.9 Å². The van der Waals surface area contributed by atoms with Gasteiger partial charge in [0.1, 0.15) is 0 Å². The second-order valence-corrected chi connectivity index (χ2v) is 10.1. The van der Waals surface area contributed by atoms with Gasteiger partial charge in [0.05, 0.1) is 11.6 Å². The Bertz CT molecular complexity index is 1190. The van der Waals surface area contributed by atoms with Crippen molar-refractivity contribution in [2.24, 2.45) is 10.9 Å². The zero-order valence-electron chi connectivity index (χ0n) is 21.3. The van der Waals surface area contributed by atoms with Crippen LogP contribution < -0.4 is 10.9 Å². The second-order valence-electron chi connectivity index (χ2n) is 7.93. The molecule has 1 unspecified atom stereocenters. The number of nitrogens with one attached hydrogen (secondary N) is 2. The van der Waals surface area contributed by atoms with Gasteiger partial charge in [-0.25, -0.2) is 5.43 Å². The maximum Gasteiger partial charge on any atom is 0.240 e. The van der Waals surface area contributed by atoms with Gasteiger partial charge in [0.2, 0.25) is 5.91 Å². The molecule has 6 heteroatoms. The highest BCUT2D eigenvalue weighted by molar-refractivity contribution is 9.10. The number of rotatable bonds is 9. The van der Waals surface area contributed by atoms with E-state index in [1.807, 2.05) is 49.5 Å². The fourth-order valence-electron chi connectivity index (χ4n) is 3.07. The number of hydrogen-bond donors (Lipinski definition) is 2. The van der Waals surface area contributed by atoms with Gasteiger partial charge in [-0.2, -0.15) is 0 Å². The summed E-state index contributed by atoms with van der Waals surface area (Å²) >= 11 is 5.31. The Kier molecular flexibility index (Phi) is 13.0. The molecule has 1 amide bonds. The predicted molar refractivity (Wildman–Crippen MR) is 158 cm³/mol. The summed E-state index contributed by atoms with van der Waals surface area (Å²) in [6.07, 6.45) is 3.74. The highest BCUT2D eigenvalue weighted by atomic mass is 79.9. The number of hydrogen-bond acceptors (Lipinski definition) is 4. The Hall–Kier alpha value is -2.93. The molecule has 0 heterocycles. The fraction of sp³-hybridized carbons (Fsp3) is 0.200. The Morgan fingerprint density at radius 3 is 2.42 bits per heavy atom. The number of carbonyl (C=O) groups excluding carboxylic acids is 1. The van der Waals surface area contributed by atoms with Gasteiger partial charge >= 0.3 is 0 Å². The number of amides is 1. The molecule has 3 rings (SSSR count). The van der Waals surface area contributed by atoms with Crippen molar-refractivity contribution in [3.8, 4) is 0 Å². The molecule has 0 radical (unpaired) electrons. The summed E-state index contributed by atoms with van der Waals surface area (Å²) in [6, 6.07) is 26.6. The summed E-state index contributed by atoms with van der Waals surface area (Å²) in [5, 5.41) is 0. The molecule has 2 N–H and O–H groups in total. The van der Waals surface area contributed by atoms with E-state index in [0.29, 0.717) is 6.54 Å². The maximum absolute atomic E-state index is 11.3. The standard InChI is InChI=1S/C18H18BrNS.C12H16N2O/c1-4-13(2)21-17-11-6-5-10-16(17)18(20-3)14-8-7-9-15(19)12-14;1-3-10(2)12(15)14-13-9-11-7-5-4-6-8-11/h4-12H,1-3H3;3-8,10,13H,1,9H2,2H3,(H,14,15)/b13-4+,20-18?;. The normalized spacial score (nSPS) is 12.2. The maximum atomic E-state index is 11.3. The lowest BCUT2D eigenvalue weighted by atomic mass is 10.0. The average molecular weight is 565 g/mol. The van der Waals surface area contributed by atoms with Crippen molar-refractivity contribution < 1.29 is 4.79 Å². The van der Waals surface area contributed by atoms with Crippen molar-refractivity contribution in [2.45, 2.75) is 32.2 Å². The quantitative estimate of drug-likeness (QED) is 0.122. The molecule has 0 aliphatic rings. The van der Waals surface area contributed by atoms with Crippen LogP contribution in [0.2, 0.25) is 0 Å². The van der Waals surface area contributed by atoms with Crippen LogP contribution in [0, 0.1) is 5.92 Å². The van der Waals surface area contributed by atoms with E-state index in [4.69, 9.17) is 0 Å². The number of aliphatic imine (C=N–C) groups is 1. The lowest BCUT2D eigenvalue weighted by Gasteiger charge is -2.12. The molecule has 3 aromatic rings. The molecular weight excluding hydrogens is 530 g/mol. The van der Waals surface area contributed by atoms with E-state index in [-0.39, 0.29) is 11.8 Å². The SMILES string of the molecule is C/C=C(\C)Sc1ccccc1C(=NC)c1cccc(Br)c1.C=CC(C)C(=O)NNCc1ccccc1. The largest absolute Gasteiger partial charge is 0.291 e. The van der Waals surface area contributed by atoms with E-state index < -0.39 is 0 Å². The van der Waals surface area contributed by atoms with E-state index in [2.05, 4.69) is 94.7 Å². The first kappa shape index (κ1) is 29.3. The van der Waals surface area contributed by atoms with Gasteiger partial charge in [-0.3, -0.25) is 15.2 Å². The zero-order chi connectivity index (χ0) is 26.3. The Labute approximate surface area is 228 Å². The van der Waals surface area contributed by atoms with Gasteiger partial charge in [0.25, 0.3) is 0 Å². The molecule has 0 aromatic heterocycles. The van der Waals surface area contributed by atoms with Crippen LogP contribution in [0.3, 0.4) is 0 Å². The van der Waals surface area contributed by atoms with Gasteiger partial charge in [0, 0.05) is 34.1 Å². The van der Waals surface area contributed by atoms with Crippen LogP contribution in [0.4, 0.5) is 0 Å². The number of benzene rings is 3. The van der Waals surface area contributed by atoms with Gasteiger partial charge < -0.3 is 0 Å². The van der Waals surface area contributed by atoms with Crippen LogP contribution >= 0.6 is 27.7 Å². The highest BCUT2D eigenvalue weighted by Gasteiger charge is 2.12. The van der Waals surface area contributed by atoms with Crippen molar-refractivity contribution in [3.63, 3.8) is 0 Å². The predicted octanol–water partition coefficient (Wildman–Crippen LogP) is 7.56. The molecular formula is C30H34BrN3OS. The minimum Gasteiger partial charge on any atom is -0.291 e. The van der Waals surface area contributed by atoms with E-state index in [9.17, 15) is 4.79 Å². The van der Waals surface area contributed by atoms with Gasteiger partial charge in [-0.15, -0.1) is 6.58 Å². The monoisotopic (exact) mass is 563 g/mol. The van der Waals surface area contributed by atoms with Crippen LogP contribution in [0.25, 0.3) is 0 Å². The summed E-state index contributed by atoms with van der Waals surface area (Å²) in [7, 11) is 1.85. The lowest BCUT2D eigenvalue weighted by Crippen LogP contribution is -2.39. The molecule has 0 fully saturated rings. The first-order valence-electron chi connectivity index (χ1n) is 11.7. The number of thioether (sulfide) groups is 1. The molecule has 0 aliphatic heterocycles. The molecule has 36 heavy (non-hydrogen) atoms. The van der Waals surface area contributed by atoms with Crippen LogP contribution in [-0.2, 0) is 11.3 Å². The van der Waals surface area contributed by atoms with Crippen molar-refractivity contribution in [2.75, 3.05) is 7.05 Å². The second kappa shape index (κ2) is 15.9. The lowest BCUT2D eigenvalue weighted by molar-refractivity contribution is -0.124. The number of nitrogens with zero attached hydrogens (tertiary/aromatic N) is 1. The van der Waals surface area contributed by atoms with Crippen molar-refractivity contribution in [3.05, 3.63) is 124 Å². The molecule has 0 bridgehead atoms. The third-order valence-electron chi connectivity index (χ3n) is 5.26. The molecule has 0 spiro atoms. The van der Waals surface area contributed by atoms with Gasteiger partial charge in [-0.1, -0.05) is 107 Å². The van der Waals surface area contributed by atoms with Crippen molar-refractivity contribution >= 4 is 39.3 Å².